The molecule has 0 aromatic carbocycles. The molecule has 1 aliphatic rings. The van der Waals surface area contributed by atoms with Crippen molar-refractivity contribution >= 4 is 17.2 Å². The quantitative estimate of drug-likeness (QED) is 0.803. The molecule has 1 amide bonds. The number of aromatic nitrogens is 1. The summed E-state index contributed by atoms with van der Waals surface area (Å²) < 4.78 is 0. The maximum atomic E-state index is 11.7. The number of nitrogens with zero attached hydrogens (tertiary/aromatic N) is 1. The normalized spacial score (nSPS) is 21.2. The summed E-state index contributed by atoms with van der Waals surface area (Å²) >= 11 is 1.55. The third-order valence-electron chi connectivity index (χ3n) is 2.55. The molecule has 1 saturated heterocycles. The number of hydrogen-bond acceptors (Lipinski definition) is 4. The van der Waals surface area contributed by atoms with Crippen molar-refractivity contribution in [3.8, 4) is 0 Å². The first-order chi connectivity index (χ1) is 7.36. The predicted octanol–water partition coefficient (Wildman–Crippen LogP) is 0.901. The molecule has 1 aliphatic heterocycles. The van der Waals surface area contributed by atoms with Gasteiger partial charge < -0.3 is 10.6 Å². The summed E-state index contributed by atoms with van der Waals surface area (Å²) in [6.45, 7) is 1.50. The van der Waals surface area contributed by atoms with Crippen LogP contribution in [0, 0.1) is 0 Å². The molecule has 82 valence electrons. The van der Waals surface area contributed by atoms with Crippen molar-refractivity contribution in [2.24, 2.45) is 0 Å². The van der Waals surface area contributed by atoms with Gasteiger partial charge >= 0.3 is 0 Å². The first kappa shape index (κ1) is 10.6. The molecule has 0 radical (unpaired) electrons. The molecule has 2 heterocycles. The maximum absolute atomic E-state index is 11.7. The minimum absolute atomic E-state index is 0.00242. The molecule has 2 rings (SSSR count). The first-order valence-corrected chi connectivity index (χ1v) is 6.19. The highest BCUT2D eigenvalue weighted by atomic mass is 32.1. The van der Waals surface area contributed by atoms with Gasteiger partial charge in [-0.3, -0.25) is 4.79 Å². The zero-order valence-electron chi connectivity index (χ0n) is 8.53. The molecular weight excluding hydrogens is 210 g/mol. The third kappa shape index (κ3) is 3.00. The molecule has 2 N–H and O–H groups in total. The Balaban J connectivity index is 1.76. The molecule has 0 spiro atoms. The van der Waals surface area contributed by atoms with Crippen molar-refractivity contribution in [3.63, 3.8) is 0 Å². The average Bonchev–Trinajstić information content (AvgIpc) is 2.80. The summed E-state index contributed by atoms with van der Waals surface area (Å²) in [5.74, 6) is 0.0997. The van der Waals surface area contributed by atoms with Crippen molar-refractivity contribution in [1.29, 1.82) is 0 Å². The Morgan fingerprint density at radius 1 is 1.67 bits per heavy atom. The molecule has 0 aliphatic carbocycles. The van der Waals surface area contributed by atoms with Gasteiger partial charge in [-0.15, -0.1) is 11.3 Å². The van der Waals surface area contributed by atoms with E-state index >= 15 is 0 Å². The molecule has 0 bridgehead atoms. The Kier molecular flexibility index (Phi) is 3.69. The van der Waals surface area contributed by atoms with Crippen molar-refractivity contribution in [2.75, 3.05) is 6.54 Å². The van der Waals surface area contributed by atoms with Crippen molar-refractivity contribution in [3.05, 3.63) is 16.6 Å². The van der Waals surface area contributed by atoms with Crippen LogP contribution in [-0.4, -0.2) is 23.5 Å². The van der Waals surface area contributed by atoms with Gasteiger partial charge in [-0.1, -0.05) is 6.42 Å². The molecule has 1 aromatic rings. The lowest BCUT2D eigenvalue weighted by molar-refractivity contribution is -0.123. The maximum Gasteiger partial charge on any atom is 0.237 e. The van der Waals surface area contributed by atoms with E-state index in [1.54, 1.807) is 16.8 Å². The standard InChI is InChI=1S/C10H15N3OS/c14-10(9-3-1-2-4-11-9)12-5-8-6-15-7-13-8/h6-7,9,11H,1-5H2,(H,12,14)/t9-/m1/s1. The van der Waals surface area contributed by atoms with Gasteiger partial charge in [-0.05, 0) is 19.4 Å². The number of rotatable bonds is 3. The van der Waals surface area contributed by atoms with E-state index in [9.17, 15) is 4.79 Å². The second-order valence-electron chi connectivity index (χ2n) is 3.70. The summed E-state index contributed by atoms with van der Waals surface area (Å²) in [6.07, 6.45) is 3.26. The third-order valence-corrected chi connectivity index (χ3v) is 3.19. The minimum Gasteiger partial charge on any atom is -0.349 e. The summed E-state index contributed by atoms with van der Waals surface area (Å²) in [7, 11) is 0. The van der Waals surface area contributed by atoms with Crippen LogP contribution in [0.25, 0.3) is 0 Å². The fourth-order valence-corrected chi connectivity index (χ4v) is 2.26. The second-order valence-corrected chi connectivity index (χ2v) is 4.42. The Morgan fingerprint density at radius 3 is 3.27 bits per heavy atom. The number of amides is 1. The Bertz CT molecular complexity index is 306. The van der Waals surface area contributed by atoms with E-state index < -0.39 is 0 Å². The highest BCUT2D eigenvalue weighted by molar-refractivity contribution is 7.07. The second kappa shape index (κ2) is 5.23. The Hall–Kier alpha value is -0.940. The highest BCUT2D eigenvalue weighted by Gasteiger charge is 2.19. The van der Waals surface area contributed by atoms with E-state index in [1.807, 2.05) is 5.38 Å². The van der Waals surface area contributed by atoms with Crippen LogP contribution in [0.5, 0.6) is 0 Å². The number of hydrogen-bond donors (Lipinski definition) is 2. The molecule has 0 saturated carbocycles. The van der Waals surface area contributed by atoms with Crippen LogP contribution in [0.4, 0.5) is 0 Å². The fourth-order valence-electron chi connectivity index (χ4n) is 1.70. The Labute approximate surface area is 93.1 Å². The summed E-state index contributed by atoms with van der Waals surface area (Å²) in [6, 6.07) is -0.00242. The van der Waals surface area contributed by atoms with E-state index in [-0.39, 0.29) is 11.9 Å². The van der Waals surface area contributed by atoms with Gasteiger partial charge in [0.1, 0.15) is 0 Å². The van der Waals surface area contributed by atoms with Crippen LogP contribution in [0.2, 0.25) is 0 Å². The topological polar surface area (TPSA) is 54.0 Å². The van der Waals surface area contributed by atoms with Crippen LogP contribution >= 0.6 is 11.3 Å². The Morgan fingerprint density at radius 2 is 2.60 bits per heavy atom. The van der Waals surface area contributed by atoms with Gasteiger partial charge in [0.05, 0.1) is 23.8 Å². The lowest BCUT2D eigenvalue weighted by atomic mass is 10.0. The number of nitrogens with one attached hydrogen (secondary N) is 2. The van der Waals surface area contributed by atoms with Gasteiger partial charge in [0.15, 0.2) is 0 Å². The first-order valence-electron chi connectivity index (χ1n) is 5.24. The van der Waals surface area contributed by atoms with Crippen LogP contribution in [0.1, 0.15) is 25.0 Å². The van der Waals surface area contributed by atoms with Gasteiger partial charge in [0.25, 0.3) is 0 Å². The molecular formula is C10H15N3OS. The van der Waals surface area contributed by atoms with Gasteiger partial charge in [0.2, 0.25) is 5.91 Å². The van der Waals surface area contributed by atoms with Crippen LogP contribution in [0.3, 0.4) is 0 Å². The van der Waals surface area contributed by atoms with Crippen molar-refractivity contribution in [1.82, 2.24) is 15.6 Å². The zero-order valence-corrected chi connectivity index (χ0v) is 9.35. The van der Waals surface area contributed by atoms with E-state index in [0.29, 0.717) is 6.54 Å². The lowest BCUT2D eigenvalue weighted by Gasteiger charge is -2.22. The minimum atomic E-state index is -0.00242. The summed E-state index contributed by atoms with van der Waals surface area (Å²) in [5.41, 5.74) is 2.71. The van der Waals surface area contributed by atoms with E-state index in [0.717, 1.165) is 25.1 Å². The fraction of sp³-hybridized carbons (Fsp3) is 0.600. The number of carbonyl (C=O) groups excluding carboxylic acids is 1. The largest absolute Gasteiger partial charge is 0.349 e. The summed E-state index contributed by atoms with van der Waals surface area (Å²) in [4.78, 5) is 15.8. The van der Waals surface area contributed by atoms with Crippen molar-refractivity contribution in [2.45, 2.75) is 31.8 Å². The molecule has 0 unspecified atom stereocenters. The number of piperidine rings is 1. The molecule has 1 atom stereocenters. The zero-order chi connectivity index (χ0) is 10.5. The van der Waals surface area contributed by atoms with Gasteiger partial charge in [0, 0.05) is 5.38 Å². The van der Waals surface area contributed by atoms with Gasteiger partial charge in [-0.25, -0.2) is 4.98 Å². The molecule has 15 heavy (non-hydrogen) atoms. The molecule has 1 fully saturated rings. The lowest BCUT2D eigenvalue weighted by Crippen LogP contribution is -2.46. The molecule has 1 aromatic heterocycles. The highest BCUT2D eigenvalue weighted by Crippen LogP contribution is 2.07. The summed E-state index contributed by atoms with van der Waals surface area (Å²) in [5, 5.41) is 8.07. The van der Waals surface area contributed by atoms with Crippen LogP contribution in [0.15, 0.2) is 10.9 Å². The van der Waals surface area contributed by atoms with Gasteiger partial charge in [-0.2, -0.15) is 0 Å². The average molecular weight is 225 g/mol. The van der Waals surface area contributed by atoms with E-state index in [1.165, 1.54) is 6.42 Å². The smallest absolute Gasteiger partial charge is 0.237 e. The van der Waals surface area contributed by atoms with Crippen LogP contribution < -0.4 is 10.6 Å². The molecule has 4 nitrogen and oxygen atoms in total. The SMILES string of the molecule is O=C(NCc1cscn1)[C@H]1CCCCN1. The van der Waals surface area contributed by atoms with E-state index in [4.69, 9.17) is 0 Å². The molecule has 5 heteroatoms. The number of carbonyl (C=O) groups is 1. The van der Waals surface area contributed by atoms with E-state index in [2.05, 4.69) is 15.6 Å². The monoisotopic (exact) mass is 225 g/mol. The van der Waals surface area contributed by atoms with Crippen molar-refractivity contribution < 1.29 is 4.79 Å². The van der Waals surface area contributed by atoms with Crippen LogP contribution in [-0.2, 0) is 11.3 Å². The predicted molar refractivity (Wildman–Crippen MR) is 59.6 cm³/mol. The number of thiazole rings is 1.